The van der Waals surface area contributed by atoms with Gasteiger partial charge in [-0.25, -0.2) is 0 Å². The van der Waals surface area contributed by atoms with Gasteiger partial charge in [0.15, 0.2) is 0 Å². The quantitative estimate of drug-likeness (QED) is 0.486. The molecule has 5 heteroatoms. The predicted molar refractivity (Wildman–Crippen MR) is 96.7 cm³/mol. The second kappa shape index (κ2) is 9.90. The van der Waals surface area contributed by atoms with Gasteiger partial charge in [0.1, 0.15) is 4.99 Å². The Kier molecular flexibility index (Phi) is 8.54. The highest BCUT2D eigenvalue weighted by Crippen LogP contribution is 2.22. The average Bonchev–Trinajstić information content (AvgIpc) is 2.42. The zero-order valence-corrected chi connectivity index (χ0v) is 14.9. The maximum Gasteiger partial charge on any atom is 0.224 e. The van der Waals surface area contributed by atoms with Crippen LogP contribution in [-0.2, 0) is 4.79 Å². The van der Waals surface area contributed by atoms with Gasteiger partial charge in [-0.2, -0.15) is 0 Å². The molecule has 0 heterocycles. The van der Waals surface area contributed by atoms with Crippen LogP contribution in [0.4, 0.5) is 5.69 Å². The van der Waals surface area contributed by atoms with Crippen molar-refractivity contribution >= 4 is 44.7 Å². The van der Waals surface area contributed by atoms with Crippen LogP contribution < -0.4 is 11.1 Å². The molecular formula is C16H23BrN2OS. The first-order chi connectivity index (χ1) is 10.0. The Morgan fingerprint density at radius 3 is 2.57 bits per heavy atom. The van der Waals surface area contributed by atoms with Crippen molar-refractivity contribution in [2.45, 2.75) is 51.9 Å². The molecule has 0 aliphatic rings. The van der Waals surface area contributed by atoms with E-state index in [-0.39, 0.29) is 10.9 Å². The van der Waals surface area contributed by atoms with E-state index in [1.165, 1.54) is 25.7 Å². The monoisotopic (exact) mass is 370 g/mol. The number of carbonyl (C=O) groups excluding carboxylic acids is 1. The van der Waals surface area contributed by atoms with Crippen molar-refractivity contribution in [3.05, 3.63) is 28.2 Å². The molecule has 0 unspecified atom stereocenters. The van der Waals surface area contributed by atoms with Crippen LogP contribution in [0.25, 0.3) is 0 Å². The molecule has 0 bridgehead atoms. The van der Waals surface area contributed by atoms with Crippen molar-refractivity contribution < 1.29 is 4.79 Å². The lowest BCUT2D eigenvalue weighted by molar-refractivity contribution is -0.116. The lowest BCUT2D eigenvalue weighted by atomic mass is 10.1. The van der Waals surface area contributed by atoms with Crippen LogP contribution in [0, 0.1) is 0 Å². The van der Waals surface area contributed by atoms with E-state index in [9.17, 15) is 4.79 Å². The van der Waals surface area contributed by atoms with Crippen LogP contribution in [0.2, 0.25) is 0 Å². The maximum atomic E-state index is 12.0. The molecule has 1 aromatic carbocycles. The van der Waals surface area contributed by atoms with E-state index in [1.54, 1.807) is 0 Å². The van der Waals surface area contributed by atoms with E-state index in [0.29, 0.717) is 17.7 Å². The number of thiocarbonyl (C=S) groups is 1. The first-order valence-electron chi connectivity index (χ1n) is 7.43. The minimum absolute atomic E-state index is 0.0149. The Labute approximate surface area is 140 Å². The van der Waals surface area contributed by atoms with Gasteiger partial charge in [-0.3, -0.25) is 4.79 Å². The van der Waals surface area contributed by atoms with Gasteiger partial charge in [-0.05, 0) is 24.6 Å². The number of nitrogens with two attached hydrogens (primary N) is 1. The number of halogens is 1. The molecule has 0 aromatic heterocycles. The van der Waals surface area contributed by atoms with E-state index in [1.807, 2.05) is 18.2 Å². The van der Waals surface area contributed by atoms with Gasteiger partial charge in [0.05, 0.1) is 5.69 Å². The molecule has 21 heavy (non-hydrogen) atoms. The van der Waals surface area contributed by atoms with E-state index in [0.717, 1.165) is 17.3 Å². The number of carbonyl (C=O) groups is 1. The van der Waals surface area contributed by atoms with E-state index >= 15 is 0 Å². The highest BCUT2D eigenvalue weighted by atomic mass is 79.9. The number of nitrogens with one attached hydrogen (secondary N) is 1. The van der Waals surface area contributed by atoms with Crippen LogP contribution in [-0.4, -0.2) is 10.9 Å². The Balaban J connectivity index is 2.44. The van der Waals surface area contributed by atoms with E-state index in [4.69, 9.17) is 18.0 Å². The van der Waals surface area contributed by atoms with Gasteiger partial charge in [0.2, 0.25) is 5.91 Å². The Hall–Kier alpha value is -0.940. The molecular weight excluding hydrogens is 348 g/mol. The third kappa shape index (κ3) is 7.05. The summed E-state index contributed by atoms with van der Waals surface area (Å²) in [6.07, 6.45) is 7.55. The van der Waals surface area contributed by atoms with Gasteiger partial charge in [-0.1, -0.05) is 67.2 Å². The standard InChI is InChI=1S/C16H23BrN2OS/c1-2-3-4-5-6-7-8-15(20)19-14-11-12(17)9-10-13(14)16(18)21/h9-11H,2-8H2,1H3,(H2,18,21)(H,19,20). The topological polar surface area (TPSA) is 55.1 Å². The summed E-state index contributed by atoms with van der Waals surface area (Å²) in [5.74, 6) is 0.0149. The summed E-state index contributed by atoms with van der Waals surface area (Å²) in [7, 11) is 0. The van der Waals surface area contributed by atoms with Crippen LogP contribution in [0.5, 0.6) is 0 Å². The fourth-order valence-corrected chi connectivity index (χ4v) is 2.65. The molecule has 0 atom stereocenters. The molecule has 0 saturated heterocycles. The number of amides is 1. The largest absolute Gasteiger partial charge is 0.389 e. The minimum atomic E-state index is 0.0149. The second-order valence-corrected chi connectivity index (χ2v) is 6.48. The first-order valence-corrected chi connectivity index (χ1v) is 8.64. The summed E-state index contributed by atoms with van der Waals surface area (Å²) in [6, 6.07) is 5.50. The molecule has 0 aliphatic heterocycles. The molecule has 3 nitrogen and oxygen atoms in total. The summed E-state index contributed by atoms with van der Waals surface area (Å²) in [6.45, 7) is 2.20. The lowest BCUT2D eigenvalue weighted by Gasteiger charge is -2.10. The molecule has 0 fully saturated rings. The van der Waals surface area contributed by atoms with Crippen LogP contribution >= 0.6 is 28.1 Å². The van der Waals surface area contributed by atoms with E-state index in [2.05, 4.69) is 28.2 Å². The number of anilines is 1. The fourth-order valence-electron chi connectivity index (χ4n) is 2.11. The summed E-state index contributed by atoms with van der Waals surface area (Å²) >= 11 is 8.39. The van der Waals surface area contributed by atoms with Crippen LogP contribution in [0.15, 0.2) is 22.7 Å². The van der Waals surface area contributed by atoms with Gasteiger partial charge >= 0.3 is 0 Å². The molecule has 1 aromatic rings. The van der Waals surface area contributed by atoms with Gasteiger partial charge in [0.25, 0.3) is 0 Å². The number of hydrogen-bond acceptors (Lipinski definition) is 2. The number of hydrogen-bond donors (Lipinski definition) is 2. The Morgan fingerprint density at radius 1 is 1.24 bits per heavy atom. The predicted octanol–water partition coefficient (Wildman–Crippen LogP) is 4.77. The van der Waals surface area contributed by atoms with Gasteiger partial charge in [-0.15, -0.1) is 0 Å². The normalized spacial score (nSPS) is 10.4. The molecule has 0 spiro atoms. The maximum absolute atomic E-state index is 12.0. The lowest BCUT2D eigenvalue weighted by Crippen LogP contribution is -2.17. The fraction of sp³-hybridized carbons (Fsp3) is 0.500. The zero-order chi connectivity index (χ0) is 15.7. The number of unbranched alkanes of at least 4 members (excludes halogenated alkanes) is 5. The molecule has 0 saturated carbocycles. The highest BCUT2D eigenvalue weighted by molar-refractivity contribution is 9.10. The SMILES string of the molecule is CCCCCCCCC(=O)Nc1cc(Br)ccc1C(N)=S. The molecule has 1 rings (SSSR count). The van der Waals surface area contributed by atoms with Crippen molar-refractivity contribution in [3.63, 3.8) is 0 Å². The Morgan fingerprint density at radius 2 is 1.90 bits per heavy atom. The van der Waals surface area contributed by atoms with Crippen LogP contribution in [0.1, 0.15) is 57.4 Å². The molecule has 116 valence electrons. The molecule has 1 amide bonds. The highest BCUT2D eigenvalue weighted by Gasteiger charge is 2.09. The van der Waals surface area contributed by atoms with Crippen molar-refractivity contribution in [1.29, 1.82) is 0 Å². The first kappa shape index (κ1) is 18.1. The van der Waals surface area contributed by atoms with Crippen molar-refractivity contribution in [3.8, 4) is 0 Å². The zero-order valence-electron chi connectivity index (χ0n) is 12.5. The number of benzene rings is 1. The van der Waals surface area contributed by atoms with Gasteiger partial charge < -0.3 is 11.1 Å². The summed E-state index contributed by atoms with van der Waals surface area (Å²) < 4.78 is 0.886. The smallest absolute Gasteiger partial charge is 0.224 e. The molecule has 0 aliphatic carbocycles. The summed E-state index contributed by atoms with van der Waals surface area (Å²) in [5, 5.41) is 2.90. The van der Waals surface area contributed by atoms with Crippen molar-refractivity contribution in [1.82, 2.24) is 0 Å². The summed E-state index contributed by atoms with van der Waals surface area (Å²) in [4.78, 5) is 12.3. The molecule has 0 radical (unpaired) electrons. The average molecular weight is 371 g/mol. The minimum Gasteiger partial charge on any atom is -0.389 e. The third-order valence-electron chi connectivity index (χ3n) is 3.28. The van der Waals surface area contributed by atoms with E-state index < -0.39 is 0 Å². The summed E-state index contributed by atoms with van der Waals surface area (Å²) in [5.41, 5.74) is 7.05. The van der Waals surface area contributed by atoms with Crippen molar-refractivity contribution in [2.75, 3.05) is 5.32 Å². The van der Waals surface area contributed by atoms with Crippen molar-refractivity contribution in [2.24, 2.45) is 5.73 Å². The number of rotatable bonds is 9. The Bertz CT molecular complexity index is 491. The van der Waals surface area contributed by atoms with Gasteiger partial charge in [0, 0.05) is 16.5 Å². The third-order valence-corrected chi connectivity index (χ3v) is 3.99. The second-order valence-electron chi connectivity index (χ2n) is 5.12. The molecule has 3 N–H and O–H groups in total. The van der Waals surface area contributed by atoms with Crippen LogP contribution in [0.3, 0.4) is 0 Å².